The highest BCUT2D eigenvalue weighted by Gasteiger charge is 2.31. The van der Waals surface area contributed by atoms with Crippen molar-refractivity contribution in [2.75, 3.05) is 30.4 Å². The molecule has 0 amide bonds. The smallest absolute Gasteiger partial charge is 0.315 e. The van der Waals surface area contributed by atoms with Crippen molar-refractivity contribution in [3.8, 4) is 0 Å². The van der Waals surface area contributed by atoms with E-state index in [0.717, 1.165) is 0 Å². The molecule has 104 valence electrons. The number of rotatable bonds is 3. The van der Waals surface area contributed by atoms with Gasteiger partial charge in [0.1, 0.15) is 11.4 Å². The molecule has 6 nitrogen and oxygen atoms in total. The van der Waals surface area contributed by atoms with Crippen molar-refractivity contribution in [2.45, 2.75) is 25.4 Å². The number of benzene rings is 1. The Morgan fingerprint density at radius 3 is 2.58 bits per heavy atom. The third-order valence-electron chi connectivity index (χ3n) is 3.65. The Labute approximate surface area is 112 Å². The van der Waals surface area contributed by atoms with Crippen LogP contribution >= 0.6 is 0 Å². The summed E-state index contributed by atoms with van der Waals surface area (Å²) in [6.45, 7) is 3.06. The van der Waals surface area contributed by atoms with Crippen LogP contribution in [0.4, 0.5) is 17.1 Å². The highest BCUT2D eigenvalue weighted by Crippen LogP contribution is 2.37. The van der Waals surface area contributed by atoms with E-state index in [9.17, 15) is 15.2 Å². The standard InChI is InChI=1S/C13H19N3O3/c1-13(17)6-8-15(9-7-13)11-5-3-4-10(14-2)12(11)16(18)19/h3-5,14,17H,6-9H2,1-2H3. The highest BCUT2D eigenvalue weighted by molar-refractivity contribution is 5.77. The van der Waals surface area contributed by atoms with Gasteiger partial charge in [0.2, 0.25) is 0 Å². The molecule has 0 aliphatic carbocycles. The molecular formula is C13H19N3O3. The predicted molar refractivity (Wildman–Crippen MR) is 74.7 cm³/mol. The van der Waals surface area contributed by atoms with Crippen LogP contribution in [0.5, 0.6) is 0 Å². The minimum atomic E-state index is -0.661. The van der Waals surface area contributed by atoms with Crippen LogP contribution in [0.3, 0.4) is 0 Å². The summed E-state index contributed by atoms with van der Waals surface area (Å²) in [5, 5.41) is 24.1. The van der Waals surface area contributed by atoms with Crippen LogP contribution < -0.4 is 10.2 Å². The minimum Gasteiger partial charge on any atom is -0.390 e. The number of anilines is 2. The summed E-state index contributed by atoms with van der Waals surface area (Å²) in [5.41, 5.74) is 0.574. The summed E-state index contributed by atoms with van der Waals surface area (Å²) in [4.78, 5) is 12.9. The third-order valence-corrected chi connectivity index (χ3v) is 3.65. The molecule has 1 aromatic carbocycles. The maximum atomic E-state index is 11.3. The van der Waals surface area contributed by atoms with Gasteiger partial charge >= 0.3 is 5.69 Å². The topological polar surface area (TPSA) is 78.6 Å². The van der Waals surface area contributed by atoms with Crippen molar-refractivity contribution >= 4 is 17.1 Å². The molecular weight excluding hydrogens is 246 g/mol. The zero-order valence-electron chi connectivity index (χ0n) is 11.2. The van der Waals surface area contributed by atoms with Gasteiger partial charge in [-0.1, -0.05) is 6.07 Å². The number of para-hydroxylation sites is 1. The summed E-state index contributed by atoms with van der Waals surface area (Å²) >= 11 is 0. The first kappa shape index (κ1) is 13.6. The van der Waals surface area contributed by atoms with E-state index >= 15 is 0 Å². The number of piperidine rings is 1. The second-order valence-corrected chi connectivity index (χ2v) is 5.16. The predicted octanol–water partition coefficient (Wildman–Crippen LogP) is 1.99. The summed E-state index contributed by atoms with van der Waals surface area (Å²) < 4.78 is 0. The van der Waals surface area contributed by atoms with E-state index in [2.05, 4.69) is 5.32 Å². The van der Waals surface area contributed by atoms with Gasteiger partial charge in [-0.3, -0.25) is 10.1 Å². The summed E-state index contributed by atoms with van der Waals surface area (Å²) in [6, 6.07) is 5.27. The summed E-state index contributed by atoms with van der Waals surface area (Å²) in [6.07, 6.45) is 1.24. The first-order chi connectivity index (χ1) is 8.94. The van der Waals surface area contributed by atoms with E-state index in [0.29, 0.717) is 37.3 Å². The van der Waals surface area contributed by atoms with Crippen LogP contribution in [-0.4, -0.2) is 35.8 Å². The number of nitrogens with zero attached hydrogens (tertiary/aromatic N) is 2. The molecule has 1 aliphatic heterocycles. The number of nitrogens with one attached hydrogen (secondary N) is 1. The largest absolute Gasteiger partial charge is 0.390 e. The molecule has 2 rings (SSSR count). The molecule has 1 saturated heterocycles. The first-order valence-corrected chi connectivity index (χ1v) is 6.37. The molecule has 1 aromatic rings. The van der Waals surface area contributed by atoms with E-state index in [1.54, 1.807) is 25.2 Å². The molecule has 1 heterocycles. The van der Waals surface area contributed by atoms with Gasteiger partial charge in [0, 0.05) is 20.1 Å². The van der Waals surface area contributed by atoms with Crippen LogP contribution in [0.25, 0.3) is 0 Å². The molecule has 0 radical (unpaired) electrons. The number of nitro groups is 1. The fourth-order valence-corrected chi connectivity index (χ4v) is 2.41. The van der Waals surface area contributed by atoms with Gasteiger partial charge in [0.05, 0.1) is 10.5 Å². The average molecular weight is 265 g/mol. The average Bonchev–Trinajstić information content (AvgIpc) is 2.37. The maximum absolute atomic E-state index is 11.3. The van der Waals surface area contributed by atoms with Gasteiger partial charge in [-0.15, -0.1) is 0 Å². The van der Waals surface area contributed by atoms with Crippen molar-refractivity contribution in [1.29, 1.82) is 0 Å². The lowest BCUT2D eigenvalue weighted by Crippen LogP contribution is -2.42. The van der Waals surface area contributed by atoms with Gasteiger partial charge in [-0.25, -0.2) is 0 Å². The van der Waals surface area contributed by atoms with Crippen molar-refractivity contribution in [3.05, 3.63) is 28.3 Å². The van der Waals surface area contributed by atoms with Crippen molar-refractivity contribution < 1.29 is 10.0 Å². The molecule has 1 fully saturated rings. The number of hydrogen-bond donors (Lipinski definition) is 2. The Kier molecular flexibility index (Phi) is 3.61. The van der Waals surface area contributed by atoms with Gasteiger partial charge < -0.3 is 15.3 Å². The molecule has 0 bridgehead atoms. The normalized spacial score (nSPS) is 18.2. The van der Waals surface area contributed by atoms with Gasteiger partial charge in [-0.2, -0.15) is 0 Å². The number of nitro benzene ring substituents is 1. The quantitative estimate of drug-likeness (QED) is 0.645. The molecule has 0 atom stereocenters. The first-order valence-electron chi connectivity index (χ1n) is 6.37. The summed E-state index contributed by atoms with van der Waals surface area (Å²) in [5.74, 6) is 0. The second-order valence-electron chi connectivity index (χ2n) is 5.16. The van der Waals surface area contributed by atoms with E-state index in [1.807, 2.05) is 11.8 Å². The third kappa shape index (κ3) is 2.78. The Morgan fingerprint density at radius 2 is 2.05 bits per heavy atom. The lowest BCUT2D eigenvalue weighted by atomic mass is 9.93. The van der Waals surface area contributed by atoms with Crippen LogP contribution in [0.15, 0.2) is 18.2 Å². The Morgan fingerprint density at radius 1 is 1.42 bits per heavy atom. The van der Waals surface area contributed by atoms with Gasteiger partial charge in [-0.05, 0) is 31.9 Å². The molecule has 2 N–H and O–H groups in total. The fourth-order valence-electron chi connectivity index (χ4n) is 2.41. The van der Waals surface area contributed by atoms with Gasteiger partial charge in [0.15, 0.2) is 0 Å². The second kappa shape index (κ2) is 5.05. The lowest BCUT2D eigenvalue weighted by molar-refractivity contribution is -0.383. The molecule has 1 aliphatic rings. The zero-order valence-corrected chi connectivity index (χ0v) is 11.2. The Bertz CT molecular complexity index is 478. The van der Waals surface area contributed by atoms with Crippen LogP contribution in [0.2, 0.25) is 0 Å². The minimum absolute atomic E-state index is 0.103. The van der Waals surface area contributed by atoms with Crippen LogP contribution in [-0.2, 0) is 0 Å². The fraction of sp³-hybridized carbons (Fsp3) is 0.538. The van der Waals surface area contributed by atoms with Crippen molar-refractivity contribution in [3.63, 3.8) is 0 Å². The monoisotopic (exact) mass is 265 g/mol. The van der Waals surface area contributed by atoms with E-state index in [1.165, 1.54) is 0 Å². The molecule has 6 heteroatoms. The Hall–Kier alpha value is -1.82. The molecule has 0 saturated carbocycles. The van der Waals surface area contributed by atoms with Crippen molar-refractivity contribution in [2.24, 2.45) is 0 Å². The molecule has 0 unspecified atom stereocenters. The van der Waals surface area contributed by atoms with Gasteiger partial charge in [0.25, 0.3) is 0 Å². The highest BCUT2D eigenvalue weighted by atomic mass is 16.6. The van der Waals surface area contributed by atoms with E-state index in [-0.39, 0.29) is 10.6 Å². The molecule has 0 spiro atoms. The van der Waals surface area contributed by atoms with E-state index in [4.69, 9.17) is 0 Å². The SMILES string of the molecule is CNc1cccc(N2CCC(C)(O)CC2)c1[N+](=O)[O-]. The number of hydrogen-bond acceptors (Lipinski definition) is 5. The zero-order chi connectivity index (χ0) is 14.0. The number of aliphatic hydroxyl groups is 1. The summed E-state index contributed by atoms with van der Waals surface area (Å²) in [7, 11) is 1.67. The molecule has 19 heavy (non-hydrogen) atoms. The maximum Gasteiger partial charge on any atom is 0.315 e. The lowest BCUT2D eigenvalue weighted by Gasteiger charge is -2.36. The van der Waals surface area contributed by atoms with Crippen molar-refractivity contribution in [1.82, 2.24) is 0 Å². The molecule has 0 aromatic heterocycles. The van der Waals surface area contributed by atoms with E-state index < -0.39 is 5.60 Å². The Balaban J connectivity index is 2.32. The van der Waals surface area contributed by atoms with Crippen LogP contribution in [0, 0.1) is 10.1 Å². The van der Waals surface area contributed by atoms with Crippen LogP contribution in [0.1, 0.15) is 19.8 Å².